The maximum atomic E-state index is 11.8. The Morgan fingerprint density at radius 1 is 1.47 bits per heavy atom. The van der Waals surface area contributed by atoms with E-state index in [1.54, 1.807) is 19.5 Å². The zero-order valence-corrected chi connectivity index (χ0v) is 11.1. The highest BCUT2D eigenvalue weighted by Crippen LogP contribution is 2.19. The molecule has 1 aromatic carbocycles. The van der Waals surface area contributed by atoms with E-state index in [2.05, 4.69) is 15.3 Å². The largest absolute Gasteiger partial charge is 0.496 e. The number of imidazole rings is 1. The van der Waals surface area contributed by atoms with Crippen molar-refractivity contribution in [1.29, 1.82) is 0 Å². The lowest BCUT2D eigenvalue weighted by atomic mass is 10.1. The van der Waals surface area contributed by atoms with Gasteiger partial charge in [0.05, 0.1) is 20.1 Å². The lowest BCUT2D eigenvalue weighted by molar-refractivity contribution is -0.120. The number of hydrogen-bond donors (Lipinski definition) is 2. The number of carbonyl (C=O) groups is 1. The van der Waals surface area contributed by atoms with Crippen molar-refractivity contribution >= 4 is 5.91 Å². The van der Waals surface area contributed by atoms with Gasteiger partial charge in [0.2, 0.25) is 5.91 Å². The van der Waals surface area contributed by atoms with Crippen LogP contribution in [0, 0.1) is 6.92 Å². The fourth-order valence-corrected chi connectivity index (χ4v) is 1.80. The quantitative estimate of drug-likeness (QED) is 0.856. The first-order valence-corrected chi connectivity index (χ1v) is 6.07. The number of H-pyrrole nitrogens is 1. The van der Waals surface area contributed by atoms with Crippen LogP contribution in [0.3, 0.4) is 0 Å². The highest BCUT2D eigenvalue weighted by Gasteiger charge is 2.06. The zero-order valence-electron chi connectivity index (χ0n) is 11.1. The van der Waals surface area contributed by atoms with Gasteiger partial charge < -0.3 is 15.0 Å². The van der Waals surface area contributed by atoms with E-state index in [1.807, 2.05) is 25.1 Å². The molecular weight excluding hydrogens is 242 g/mol. The van der Waals surface area contributed by atoms with E-state index in [9.17, 15) is 4.79 Å². The lowest BCUT2D eigenvalue weighted by Crippen LogP contribution is -2.25. The molecule has 0 unspecified atom stereocenters. The van der Waals surface area contributed by atoms with Crippen molar-refractivity contribution < 1.29 is 9.53 Å². The first kappa shape index (κ1) is 13.1. The number of aromatic nitrogens is 2. The molecule has 2 N–H and O–H groups in total. The van der Waals surface area contributed by atoms with Gasteiger partial charge in [-0.25, -0.2) is 4.98 Å². The Labute approximate surface area is 112 Å². The summed E-state index contributed by atoms with van der Waals surface area (Å²) in [6.45, 7) is 2.38. The van der Waals surface area contributed by atoms with Gasteiger partial charge in [-0.2, -0.15) is 0 Å². The summed E-state index contributed by atoms with van der Waals surface area (Å²) in [6, 6.07) is 5.78. The second kappa shape index (κ2) is 6.04. The van der Waals surface area contributed by atoms with Gasteiger partial charge in [0.15, 0.2) is 0 Å². The van der Waals surface area contributed by atoms with E-state index < -0.39 is 0 Å². The Morgan fingerprint density at radius 2 is 2.32 bits per heavy atom. The average molecular weight is 259 g/mol. The summed E-state index contributed by atoms with van der Waals surface area (Å²) in [5, 5.41) is 2.81. The molecule has 0 saturated heterocycles. The summed E-state index contributed by atoms with van der Waals surface area (Å²) in [4.78, 5) is 18.8. The highest BCUT2D eigenvalue weighted by atomic mass is 16.5. The summed E-state index contributed by atoms with van der Waals surface area (Å²) in [5.74, 6) is 1.51. The van der Waals surface area contributed by atoms with Crippen molar-refractivity contribution in [2.24, 2.45) is 0 Å². The first-order valence-electron chi connectivity index (χ1n) is 6.07. The third-order valence-electron chi connectivity index (χ3n) is 2.85. The smallest absolute Gasteiger partial charge is 0.224 e. The van der Waals surface area contributed by atoms with Crippen LogP contribution in [0.15, 0.2) is 30.6 Å². The van der Waals surface area contributed by atoms with E-state index in [4.69, 9.17) is 4.74 Å². The van der Waals surface area contributed by atoms with Gasteiger partial charge in [0.25, 0.3) is 0 Å². The van der Waals surface area contributed by atoms with Crippen molar-refractivity contribution in [3.8, 4) is 5.75 Å². The molecule has 0 aliphatic heterocycles. The molecule has 0 saturated carbocycles. The number of rotatable bonds is 5. The van der Waals surface area contributed by atoms with Gasteiger partial charge in [0, 0.05) is 12.4 Å². The maximum Gasteiger partial charge on any atom is 0.224 e. The minimum absolute atomic E-state index is 0.0395. The molecule has 0 spiro atoms. The van der Waals surface area contributed by atoms with Crippen molar-refractivity contribution in [2.45, 2.75) is 19.9 Å². The molecule has 100 valence electrons. The third-order valence-corrected chi connectivity index (χ3v) is 2.85. The molecular formula is C14H17N3O2. The molecule has 1 heterocycles. The maximum absolute atomic E-state index is 11.8. The van der Waals surface area contributed by atoms with E-state index >= 15 is 0 Å². The van der Waals surface area contributed by atoms with Crippen LogP contribution in [0.1, 0.15) is 17.0 Å². The van der Waals surface area contributed by atoms with E-state index in [0.29, 0.717) is 13.0 Å². The molecule has 19 heavy (non-hydrogen) atoms. The summed E-state index contributed by atoms with van der Waals surface area (Å²) >= 11 is 0. The number of hydrogen-bond acceptors (Lipinski definition) is 3. The Hall–Kier alpha value is -2.30. The number of methoxy groups -OCH3 is 1. The lowest BCUT2D eigenvalue weighted by Gasteiger charge is -2.08. The van der Waals surface area contributed by atoms with Gasteiger partial charge in [0.1, 0.15) is 11.6 Å². The van der Waals surface area contributed by atoms with Crippen LogP contribution in [0.4, 0.5) is 0 Å². The summed E-state index contributed by atoms with van der Waals surface area (Å²) in [5.41, 5.74) is 1.99. The Morgan fingerprint density at radius 3 is 3.00 bits per heavy atom. The van der Waals surface area contributed by atoms with Crippen LogP contribution in [-0.4, -0.2) is 23.0 Å². The summed E-state index contributed by atoms with van der Waals surface area (Å²) < 4.78 is 5.24. The van der Waals surface area contributed by atoms with E-state index in [1.165, 1.54) is 0 Å². The van der Waals surface area contributed by atoms with Crippen molar-refractivity contribution in [3.63, 3.8) is 0 Å². The number of amides is 1. The number of aromatic amines is 1. The normalized spacial score (nSPS) is 10.2. The highest BCUT2D eigenvalue weighted by molar-refractivity contribution is 5.78. The molecule has 0 bridgehead atoms. The number of nitrogens with one attached hydrogen (secondary N) is 2. The Bertz CT molecular complexity index is 550. The van der Waals surface area contributed by atoms with Crippen molar-refractivity contribution in [3.05, 3.63) is 47.5 Å². The minimum atomic E-state index is -0.0395. The minimum Gasteiger partial charge on any atom is -0.496 e. The molecule has 0 atom stereocenters. The molecule has 0 fully saturated rings. The monoisotopic (exact) mass is 259 g/mol. The van der Waals surface area contributed by atoms with Gasteiger partial charge >= 0.3 is 0 Å². The molecule has 1 aromatic heterocycles. The van der Waals surface area contributed by atoms with E-state index in [0.717, 1.165) is 22.7 Å². The Kier molecular flexibility index (Phi) is 4.18. The SMILES string of the molecule is COc1cc(CC(=O)NCc2ncc[nH]2)ccc1C. The molecule has 0 radical (unpaired) electrons. The number of ether oxygens (including phenoxy) is 1. The average Bonchev–Trinajstić information content (AvgIpc) is 2.92. The summed E-state index contributed by atoms with van der Waals surface area (Å²) in [6.07, 6.45) is 3.72. The van der Waals surface area contributed by atoms with Crippen LogP contribution in [0.2, 0.25) is 0 Å². The van der Waals surface area contributed by atoms with Crippen molar-refractivity contribution in [2.75, 3.05) is 7.11 Å². The van der Waals surface area contributed by atoms with Crippen molar-refractivity contribution in [1.82, 2.24) is 15.3 Å². The molecule has 1 amide bonds. The van der Waals surface area contributed by atoms with Gasteiger partial charge in [-0.05, 0) is 24.1 Å². The number of aryl methyl sites for hydroxylation is 1. The Balaban J connectivity index is 1.91. The van der Waals surface area contributed by atoms with Crippen LogP contribution >= 0.6 is 0 Å². The molecule has 2 rings (SSSR count). The first-order chi connectivity index (χ1) is 9.19. The number of benzene rings is 1. The predicted octanol–water partition coefficient (Wildman–Crippen LogP) is 1.59. The second-order valence-electron chi connectivity index (χ2n) is 4.29. The van der Waals surface area contributed by atoms with Gasteiger partial charge in [-0.3, -0.25) is 4.79 Å². The predicted molar refractivity (Wildman–Crippen MR) is 71.9 cm³/mol. The zero-order chi connectivity index (χ0) is 13.7. The fourth-order valence-electron chi connectivity index (χ4n) is 1.80. The van der Waals surface area contributed by atoms with E-state index in [-0.39, 0.29) is 5.91 Å². The van der Waals surface area contributed by atoms with Crippen LogP contribution < -0.4 is 10.1 Å². The molecule has 0 aliphatic carbocycles. The third kappa shape index (κ3) is 3.58. The topological polar surface area (TPSA) is 67.0 Å². The van der Waals surface area contributed by atoms with Crippen LogP contribution in [-0.2, 0) is 17.8 Å². The number of carbonyl (C=O) groups excluding carboxylic acids is 1. The fraction of sp³-hybridized carbons (Fsp3) is 0.286. The van der Waals surface area contributed by atoms with Gasteiger partial charge in [-0.15, -0.1) is 0 Å². The number of nitrogens with zero attached hydrogens (tertiary/aromatic N) is 1. The molecule has 2 aromatic rings. The standard InChI is InChI=1S/C14H17N3O2/c1-10-3-4-11(7-12(10)19-2)8-14(18)17-9-13-15-5-6-16-13/h3-7H,8-9H2,1-2H3,(H,15,16)(H,17,18). The van der Waals surface area contributed by atoms with Crippen LogP contribution in [0.25, 0.3) is 0 Å². The molecule has 5 heteroatoms. The second-order valence-corrected chi connectivity index (χ2v) is 4.29. The van der Waals surface area contributed by atoms with Gasteiger partial charge in [-0.1, -0.05) is 12.1 Å². The molecule has 0 aliphatic rings. The molecule has 5 nitrogen and oxygen atoms in total. The summed E-state index contributed by atoms with van der Waals surface area (Å²) in [7, 11) is 1.63. The van der Waals surface area contributed by atoms with Crippen LogP contribution in [0.5, 0.6) is 5.75 Å².